The fourth-order valence-corrected chi connectivity index (χ4v) is 3.31. The molecule has 23 heavy (non-hydrogen) atoms. The van der Waals surface area contributed by atoms with E-state index in [1.54, 1.807) is 24.3 Å². The minimum Gasteiger partial charge on any atom is -0.494 e. The van der Waals surface area contributed by atoms with Crippen molar-refractivity contribution >= 4 is 39.4 Å². The first kappa shape index (κ1) is 17.6. The van der Waals surface area contributed by atoms with Gasteiger partial charge in [0.25, 0.3) is 10.0 Å². The highest BCUT2D eigenvalue weighted by Gasteiger charge is 2.17. The lowest BCUT2D eigenvalue weighted by atomic mass is 10.2. The molecule has 0 aliphatic heterocycles. The summed E-state index contributed by atoms with van der Waals surface area (Å²) in [5.41, 5.74) is 0.691. The number of nitrogens with one attached hydrogen (secondary N) is 1. The molecular formula is C15H14Cl2N2O3S. The number of benzene rings is 2. The van der Waals surface area contributed by atoms with Crippen molar-refractivity contribution in [3.8, 4) is 5.75 Å². The minimum atomic E-state index is -3.90. The van der Waals surface area contributed by atoms with Crippen LogP contribution in [0.1, 0.15) is 12.5 Å². The lowest BCUT2D eigenvalue weighted by Crippen LogP contribution is -2.18. The molecule has 0 spiro atoms. The first-order valence-electron chi connectivity index (χ1n) is 6.65. The third-order valence-electron chi connectivity index (χ3n) is 2.74. The molecule has 0 amide bonds. The maximum Gasteiger partial charge on any atom is 0.278 e. The molecule has 0 atom stereocenters. The molecule has 0 heterocycles. The van der Waals surface area contributed by atoms with Crippen LogP contribution in [0.2, 0.25) is 10.0 Å². The number of rotatable bonds is 6. The summed E-state index contributed by atoms with van der Waals surface area (Å²) in [6.07, 6.45) is 1.37. The predicted molar refractivity (Wildman–Crippen MR) is 92.0 cm³/mol. The van der Waals surface area contributed by atoms with E-state index in [9.17, 15) is 8.42 Å². The number of nitrogens with zero attached hydrogens (tertiary/aromatic N) is 1. The first-order valence-corrected chi connectivity index (χ1v) is 8.89. The van der Waals surface area contributed by atoms with Gasteiger partial charge in [0.1, 0.15) is 10.6 Å². The molecule has 0 aliphatic rings. The Morgan fingerprint density at radius 2 is 2.00 bits per heavy atom. The van der Waals surface area contributed by atoms with Gasteiger partial charge >= 0.3 is 0 Å². The summed E-state index contributed by atoms with van der Waals surface area (Å²) in [4.78, 5) is 1.97. The van der Waals surface area contributed by atoms with Gasteiger partial charge in [0.15, 0.2) is 0 Å². The molecule has 0 saturated carbocycles. The van der Waals surface area contributed by atoms with E-state index in [0.29, 0.717) is 17.9 Å². The van der Waals surface area contributed by atoms with Crippen molar-refractivity contribution in [2.24, 2.45) is 5.10 Å². The molecule has 2 aromatic carbocycles. The second-order valence-corrected chi connectivity index (χ2v) is 6.91. The van der Waals surface area contributed by atoms with Crippen LogP contribution in [-0.4, -0.2) is 21.2 Å². The normalized spacial score (nSPS) is 11.6. The molecule has 0 unspecified atom stereocenters. The average molecular weight is 373 g/mol. The zero-order valence-electron chi connectivity index (χ0n) is 12.2. The van der Waals surface area contributed by atoms with Crippen LogP contribution in [0, 0.1) is 0 Å². The van der Waals surface area contributed by atoms with Gasteiger partial charge in [-0.3, -0.25) is 0 Å². The molecule has 1 N–H and O–H groups in total. The van der Waals surface area contributed by atoms with Crippen molar-refractivity contribution in [2.75, 3.05) is 6.61 Å². The summed E-state index contributed by atoms with van der Waals surface area (Å²) in [6, 6.07) is 11.3. The molecule has 0 aromatic heterocycles. The Morgan fingerprint density at radius 3 is 2.74 bits per heavy atom. The Bertz CT molecular complexity index is 823. The summed E-state index contributed by atoms with van der Waals surface area (Å²) >= 11 is 11.7. The van der Waals surface area contributed by atoms with Gasteiger partial charge in [-0.1, -0.05) is 35.3 Å². The van der Waals surface area contributed by atoms with Gasteiger partial charge in [0, 0.05) is 5.02 Å². The number of hydrogen-bond acceptors (Lipinski definition) is 4. The molecule has 0 bridgehead atoms. The highest BCUT2D eigenvalue weighted by atomic mass is 35.5. The van der Waals surface area contributed by atoms with Crippen LogP contribution in [0.5, 0.6) is 5.75 Å². The van der Waals surface area contributed by atoms with E-state index in [4.69, 9.17) is 27.9 Å². The van der Waals surface area contributed by atoms with E-state index in [2.05, 4.69) is 9.93 Å². The van der Waals surface area contributed by atoms with Crippen molar-refractivity contribution in [1.82, 2.24) is 4.83 Å². The van der Waals surface area contributed by atoms with E-state index in [-0.39, 0.29) is 14.9 Å². The minimum absolute atomic E-state index is 0.0652. The molecule has 0 fully saturated rings. The summed E-state index contributed by atoms with van der Waals surface area (Å²) in [6.45, 7) is 2.42. The first-order chi connectivity index (χ1) is 10.9. The largest absolute Gasteiger partial charge is 0.494 e. The number of hydrogen-bond donors (Lipinski definition) is 1. The molecule has 122 valence electrons. The monoisotopic (exact) mass is 372 g/mol. The molecule has 2 aromatic rings. The summed E-state index contributed by atoms with van der Waals surface area (Å²) in [7, 11) is -3.90. The van der Waals surface area contributed by atoms with Crippen LogP contribution in [0.4, 0.5) is 0 Å². The summed E-state index contributed by atoms with van der Waals surface area (Å²) in [5.74, 6) is 0.678. The van der Waals surface area contributed by atoms with Gasteiger partial charge in [-0.25, -0.2) is 4.83 Å². The fraction of sp³-hybridized carbons (Fsp3) is 0.133. The molecule has 0 saturated heterocycles. The molecule has 2 rings (SSSR count). The molecule has 0 radical (unpaired) electrons. The average Bonchev–Trinajstić information content (AvgIpc) is 2.50. The van der Waals surface area contributed by atoms with Crippen LogP contribution < -0.4 is 9.57 Å². The predicted octanol–water partition coefficient (Wildman–Crippen LogP) is 3.70. The lowest BCUT2D eigenvalue weighted by molar-refractivity contribution is 0.340. The van der Waals surface area contributed by atoms with E-state index in [1.807, 2.05) is 6.92 Å². The summed E-state index contributed by atoms with van der Waals surface area (Å²) < 4.78 is 29.7. The Hall–Kier alpha value is -1.76. The maximum atomic E-state index is 12.2. The zero-order chi connectivity index (χ0) is 16.9. The number of halogens is 2. The fourth-order valence-electron chi connectivity index (χ4n) is 1.75. The van der Waals surface area contributed by atoms with Crippen LogP contribution in [0.15, 0.2) is 52.5 Å². The highest BCUT2D eigenvalue weighted by molar-refractivity contribution is 7.89. The standard InChI is InChI=1S/C15H14Cl2N2O3S/c1-2-22-13-5-3-4-11(8-13)10-18-19-23(20,21)15-9-12(16)6-7-14(15)17/h3-10,19H,2H2,1H3/b18-10+. The number of hydrazone groups is 1. The highest BCUT2D eigenvalue weighted by Crippen LogP contribution is 2.24. The summed E-state index contributed by atoms with van der Waals surface area (Å²) in [5, 5.41) is 4.07. The Labute approximate surface area is 144 Å². The smallest absolute Gasteiger partial charge is 0.278 e. The number of sulfonamides is 1. The van der Waals surface area contributed by atoms with Crippen LogP contribution in [-0.2, 0) is 10.0 Å². The third-order valence-corrected chi connectivity index (χ3v) is 4.68. The van der Waals surface area contributed by atoms with Gasteiger partial charge in [-0.15, -0.1) is 0 Å². The van der Waals surface area contributed by atoms with Crippen molar-refractivity contribution in [1.29, 1.82) is 0 Å². The Kier molecular flexibility index (Phi) is 5.87. The topological polar surface area (TPSA) is 67.8 Å². The van der Waals surface area contributed by atoms with Crippen LogP contribution >= 0.6 is 23.2 Å². The van der Waals surface area contributed by atoms with E-state index in [1.165, 1.54) is 24.4 Å². The molecule has 5 nitrogen and oxygen atoms in total. The van der Waals surface area contributed by atoms with Gasteiger partial charge in [0.2, 0.25) is 0 Å². The second kappa shape index (κ2) is 7.68. The zero-order valence-corrected chi connectivity index (χ0v) is 14.5. The van der Waals surface area contributed by atoms with Crippen molar-refractivity contribution in [3.63, 3.8) is 0 Å². The molecular weight excluding hydrogens is 359 g/mol. The third kappa shape index (κ3) is 4.86. The van der Waals surface area contributed by atoms with Gasteiger partial charge < -0.3 is 4.74 Å². The Morgan fingerprint density at radius 1 is 1.22 bits per heavy atom. The second-order valence-electron chi connectivity index (χ2n) is 4.43. The lowest BCUT2D eigenvalue weighted by Gasteiger charge is -2.06. The van der Waals surface area contributed by atoms with E-state index >= 15 is 0 Å². The Balaban J connectivity index is 2.15. The number of ether oxygens (including phenoxy) is 1. The van der Waals surface area contributed by atoms with Crippen molar-refractivity contribution in [3.05, 3.63) is 58.1 Å². The van der Waals surface area contributed by atoms with Gasteiger partial charge in [-0.05, 0) is 42.8 Å². The van der Waals surface area contributed by atoms with Crippen molar-refractivity contribution in [2.45, 2.75) is 11.8 Å². The van der Waals surface area contributed by atoms with Crippen molar-refractivity contribution < 1.29 is 13.2 Å². The van der Waals surface area contributed by atoms with Crippen LogP contribution in [0.25, 0.3) is 0 Å². The van der Waals surface area contributed by atoms with E-state index in [0.717, 1.165) is 0 Å². The maximum absolute atomic E-state index is 12.2. The van der Waals surface area contributed by atoms with Gasteiger partial charge in [-0.2, -0.15) is 13.5 Å². The SMILES string of the molecule is CCOc1cccc(/C=N/NS(=O)(=O)c2cc(Cl)ccc2Cl)c1. The quantitative estimate of drug-likeness (QED) is 0.620. The van der Waals surface area contributed by atoms with E-state index < -0.39 is 10.0 Å². The van der Waals surface area contributed by atoms with Crippen LogP contribution in [0.3, 0.4) is 0 Å². The molecule has 0 aliphatic carbocycles. The molecule has 8 heteroatoms. The van der Waals surface area contributed by atoms with Gasteiger partial charge in [0.05, 0.1) is 17.8 Å².